The summed E-state index contributed by atoms with van der Waals surface area (Å²) in [7, 11) is 0. The second-order valence-corrected chi connectivity index (χ2v) is 8.44. The minimum atomic E-state index is -1.04. The molecule has 1 heterocycles. The number of nitrogens with zero attached hydrogens (tertiary/aromatic N) is 2. The summed E-state index contributed by atoms with van der Waals surface area (Å²) in [6, 6.07) is 9.43. The Kier molecular flexibility index (Phi) is 8.72. The van der Waals surface area contributed by atoms with Crippen molar-refractivity contribution in [1.29, 1.82) is 0 Å². The number of anilines is 1. The van der Waals surface area contributed by atoms with Gasteiger partial charge in [-0.15, -0.1) is 0 Å². The van der Waals surface area contributed by atoms with Gasteiger partial charge < -0.3 is 20.5 Å². The molecule has 1 saturated heterocycles. The van der Waals surface area contributed by atoms with E-state index in [2.05, 4.69) is 16.0 Å². The Balaban J connectivity index is 1.83. The van der Waals surface area contributed by atoms with Crippen LogP contribution in [0.25, 0.3) is 0 Å². The van der Waals surface area contributed by atoms with Crippen LogP contribution in [0.2, 0.25) is 5.02 Å². The van der Waals surface area contributed by atoms with E-state index in [1.807, 2.05) is 0 Å². The van der Waals surface area contributed by atoms with E-state index in [9.17, 15) is 18.8 Å². The maximum absolute atomic E-state index is 14.5. The summed E-state index contributed by atoms with van der Waals surface area (Å²) in [5.74, 6) is -1.14. The van der Waals surface area contributed by atoms with Crippen LogP contribution in [0.3, 0.4) is 0 Å². The number of rotatable bonds is 10. The molecule has 1 unspecified atom stereocenters. The highest BCUT2D eigenvalue weighted by molar-refractivity contribution is 6.30. The van der Waals surface area contributed by atoms with Gasteiger partial charge in [-0.2, -0.15) is 0 Å². The van der Waals surface area contributed by atoms with Crippen LogP contribution in [0.1, 0.15) is 19.4 Å². The summed E-state index contributed by atoms with van der Waals surface area (Å²) < 4.78 is 19.9. The number of hydrogen-bond acceptors (Lipinski definition) is 6. The molecule has 0 aromatic heterocycles. The molecule has 35 heavy (non-hydrogen) atoms. The number of ether oxygens (including phenoxy) is 1. The third-order valence-electron chi connectivity index (χ3n) is 4.89. The van der Waals surface area contributed by atoms with Gasteiger partial charge in [0.2, 0.25) is 5.91 Å². The van der Waals surface area contributed by atoms with E-state index < -0.39 is 36.6 Å². The monoisotopic (exact) mass is 507 g/mol. The molecule has 0 saturated carbocycles. The molecule has 0 spiro atoms. The quantitative estimate of drug-likeness (QED) is 0.392. The summed E-state index contributed by atoms with van der Waals surface area (Å²) in [5.41, 5.74) is 1.01. The van der Waals surface area contributed by atoms with Crippen LogP contribution in [-0.2, 0) is 11.3 Å². The molecule has 1 aliphatic heterocycles. The molecule has 1 fully saturated rings. The van der Waals surface area contributed by atoms with Crippen LogP contribution in [-0.4, -0.2) is 65.0 Å². The van der Waals surface area contributed by atoms with Crippen molar-refractivity contribution in [1.82, 2.24) is 20.4 Å². The average Bonchev–Trinajstić information content (AvgIpc) is 2.80. The van der Waals surface area contributed by atoms with Crippen LogP contribution in [0, 0.1) is 5.82 Å². The number of aliphatic hydroxyl groups is 1. The first-order chi connectivity index (χ1) is 16.7. The van der Waals surface area contributed by atoms with Gasteiger partial charge in [0.15, 0.2) is 17.9 Å². The van der Waals surface area contributed by atoms with Gasteiger partial charge in [0, 0.05) is 23.3 Å². The Bertz CT molecular complexity index is 1070. The molecule has 0 radical (unpaired) electrons. The predicted octanol–water partition coefficient (Wildman–Crippen LogP) is 2.72. The predicted molar refractivity (Wildman–Crippen MR) is 127 cm³/mol. The molecular weight excluding hydrogens is 481 g/mol. The minimum absolute atomic E-state index is 0.0107. The highest BCUT2D eigenvalue weighted by atomic mass is 35.5. The highest BCUT2D eigenvalue weighted by Crippen LogP contribution is 2.24. The van der Waals surface area contributed by atoms with Gasteiger partial charge in [0.1, 0.15) is 6.54 Å². The van der Waals surface area contributed by atoms with E-state index in [0.29, 0.717) is 16.3 Å². The SMILES string of the molecule is CC(C)Oc1ccc(NC2NC(=O)N(CC(=O)NCCO)C(=O)N2Cc2ccc(Cl)cc2)cc1F. The van der Waals surface area contributed by atoms with E-state index in [4.69, 9.17) is 21.4 Å². The molecule has 0 bridgehead atoms. The van der Waals surface area contributed by atoms with Crippen molar-refractivity contribution in [2.75, 3.05) is 25.0 Å². The van der Waals surface area contributed by atoms with Crippen LogP contribution in [0.4, 0.5) is 19.7 Å². The van der Waals surface area contributed by atoms with Crippen molar-refractivity contribution >= 4 is 35.3 Å². The lowest BCUT2D eigenvalue weighted by Crippen LogP contribution is -2.67. The smallest absolute Gasteiger partial charge is 0.332 e. The second-order valence-electron chi connectivity index (χ2n) is 8.00. The fourth-order valence-corrected chi connectivity index (χ4v) is 3.44. The lowest BCUT2D eigenvalue weighted by atomic mass is 10.2. The first kappa shape index (κ1) is 26.0. The zero-order valence-electron chi connectivity index (χ0n) is 19.3. The minimum Gasteiger partial charge on any atom is -0.488 e. The van der Waals surface area contributed by atoms with Gasteiger partial charge in [0.05, 0.1) is 19.3 Å². The number of nitrogens with one attached hydrogen (secondary N) is 3. The van der Waals surface area contributed by atoms with Gasteiger partial charge in [-0.3, -0.25) is 15.0 Å². The molecule has 12 heteroatoms. The molecule has 5 amide bonds. The standard InChI is InChI=1S/C23H27ClFN5O5/c1-14(2)35-19-8-7-17(11-18(19)25)27-21-28-22(33)30(13-20(32)26-9-10-31)23(34)29(21)12-15-3-5-16(24)6-4-15/h3-8,11,14,21,27,31H,9-10,12-13H2,1-2H3,(H,26,32)(H,28,33). The zero-order valence-corrected chi connectivity index (χ0v) is 20.0. The summed E-state index contributed by atoms with van der Waals surface area (Å²) in [6.45, 7) is 2.78. The van der Waals surface area contributed by atoms with Gasteiger partial charge in [0.25, 0.3) is 0 Å². The number of benzene rings is 2. The second kappa shape index (κ2) is 11.7. The van der Waals surface area contributed by atoms with E-state index in [0.717, 1.165) is 4.90 Å². The summed E-state index contributed by atoms with van der Waals surface area (Å²) in [5, 5.41) is 17.4. The molecule has 1 aliphatic rings. The first-order valence-electron chi connectivity index (χ1n) is 10.9. The van der Waals surface area contributed by atoms with Crippen molar-refractivity contribution in [3.63, 3.8) is 0 Å². The van der Waals surface area contributed by atoms with Crippen LogP contribution < -0.4 is 20.7 Å². The van der Waals surface area contributed by atoms with Crippen molar-refractivity contribution in [2.45, 2.75) is 32.8 Å². The maximum Gasteiger partial charge on any atom is 0.332 e. The number of carbonyl (C=O) groups is 3. The Labute approximate surface area is 207 Å². The Hall–Kier alpha value is -3.57. The molecule has 4 N–H and O–H groups in total. The molecular formula is C23H27ClFN5O5. The number of urea groups is 2. The number of carbonyl (C=O) groups excluding carboxylic acids is 3. The van der Waals surface area contributed by atoms with Gasteiger partial charge in [-0.25, -0.2) is 18.9 Å². The number of amides is 5. The largest absolute Gasteiger partial charge is 0.488 e. The van der Waals surface area contributed by atoms with Crippen LogP contribution >= 0.6 is 11.6 Å². The van der Waals surface area contributed by atoms with E-state index in [1.165, 1.54) is 17.0 Å². The topological polar surface area (TPSA) is 123 Å². The van der Waals surface area contributed by atoms with E-state index in [-0.39, 0.29) is 31.5 Å². The van der Waals surface area contributed by atoms with Crippen LogP contribution in [0.5, 0.6) is 5.75 Å². The van der Waals surface area contributed by atoms with Crippen molar-refractivity contribution < 1.29 is 28.6 Å². The number of aliphatic hydroxyl groups excluding tert-OH is 1. The van der Waals surface area contributed by atoms with Crippen LogP contribution in [0.15, 0.2) is 42.5 Å². The maximum atomic E-state index is 14.5. The normalized spacial score (nSPS) is 15.8. The highest BCUT2D eigenvalue weighted by Gasteiger charge is 2.39. The third-order valence-corrected chi connectivity index (χ3v) is 5.15. The fraction of sp³-hybridized carbons (Fsp3) is 0.348. The van der Waals surface area contributed by atoms with E-state index in [1.54, 1.807) is 44.2 Å². The summed E-state index contributed by atoms with van der Waals surface area (Å²) in [6.07, 6.45) is -1.26. The number of hydrogen-bond donors (Lipinski definition) is 4. The Morgan fingerprint density at radius 1 is 1.23 bits per heavy atom. The molecule has 2 aromatic carbocycles. The van der Waals surface area contributed by atoms with Crippen molar-refractivity contribution in [2.24, 2.45) is 0 Å². The van der Waals surface area contributed by atoms with Gasteiger partial charge in [-0.05, 0) is 43.7 Å². The average molecular weight is 508 g/mol. The zero-order chi connectivity index (χ0) is 25.5. The molecule has 10 nitrogen and oxygen atoms in total. The van der Waals surface area contributed by atoms with Gasteiger partial charge in [-0.1, -0.05) is 23.7 Å². The lowest BCUT2D eigenvalue weighted by molar-refractivity contribution is -0.121. The summed E-state index contributed by atoms with van der Waals surface area (Å²) >= 11 is 5.95. The summed E-state index contributed by atoms with van der Waals surface area (Å²) in [4.78, 5) is 40.1. The van der Waals surface area contributed by atoms with Gasteiger partial charge >= 0.3 is 12.1 Å². The van der Waals surface area contributed by atoms with Crippen molar-refractivity contribution in [3.05, 3.63) is 58.9 Å². The first-order valence-corrected chi connectivity index (χ1v) is 11.3. The molecule has 0 aliphatic carbocycles. The lowest BCUT2D eigenvalue weighted by Gasteiger charge is -2.41. The molecule has 2 aromatic rings. The van der Waals surface area contributed by atoms with E-state index >= 15 is 0 Å². The fourth-order valence-electron chi connectivity index (χ4n) is 3.32. The third kappa shape index (κ3) is 6.96. The number of imide groups is 1. The van der Waals surface area contributed by atoms with Crippen molar-refractivity contribution in [3.8, 4) is 5.75 Å². The molecule has 1 atom stereocenters. The molecule has 188 valence electrons. The Morgan fingerprint density at radius 2 is 1.94 bits per heavy atom. The number of halogens is 2. The molecule has 3 rings (SSSR count). The Morgan fingerprint density at radius 3 is 2.57 bits per heavy atom.